The van der Waals surface area contributed by atoms with E-state index < -0.39 is 23.8 Å². The minimum absolute atomic E-state index is 0.101. The number of carbonyl (C=O) groups is 4. The molecule has 2 saturated heterocycles. The van der Waals surface area contributed by atoms with E-state index in [0.717, 1.165) is 0 Å². The Balaban J connectivity index is 1.79. The first-order chi connectivity index (χ1) is 12.4. The molecule has 0 N–H and O–H groups in total. The minimum Gasteiger partial charge on any atom is -0.469 e. The fourth-order valence-electron chi connectivity index (χ4n) is 3.39. The SMILES string of the molecule is COC(=O)[C@@H]1CC(=O)N(c2cccc(N3C[C@@H](C(=O)OC)CC3=O)c2)C1. The Bertz CT molecular complexity index is 703. The van der Waals surface area contributed by atoms with Crippen LogP contribution >= 0.6 is 0 Å². The van der Waals surface area contributed by atoms with Crippen LogP contribution in [0.5, 0.6) is 0 Å². The van der Waals surface area contributed by atoms with Gasteiger partial charge in [-0.3, -0.25) is 19.2 Å². The number of methoxy groups -OCH3 is 2. The van der Waals surface area contributed by atoms with Gasteiger partial charge in [-0.25, -0.2) is 0 Å². The monoisotopic (exact) mass is 360 g/mol. The van der Waals surface area contributed by atoms with Crippen LogP contribution in [0.4, 0.5) is 11.4 Å². The molecule has 2 aliphatic rings. The average Bonchev–Trinajstić information content (AvgIpc) is 3.23. The normalized spacial score (nSPS) is 22.7. The van der Waals surface area contributed by atoms with Gasteiger partial charge in [0.05, 0.1) is 26.1 Å². The van der Waals surface area contributed by atoms with Gasteiger partial charge in [-0.1, -0.05) is 6.07 Å². The average molecular weight is 360 g/mol. The van der Waals surface area contributed by atoms with E-state index in [-0.39, 0.29) is 37.7 Å². The van der Waals surface area contributed by atoms with Gasteiger partial charge in [-0.15, -0.1) is 0 Å². The molecule has 2 aliphatic heterocycles. The Kier molecular flexibility index (Phi) is 4.92. The zero-order valence-electron chi connectivity index (χ0n) is 14.6. The zero-order chi connectivity index (χ0) is 18.8. The van der Waals surface area contributed by atoms with Crippen molar-refractivity contribution in [3.05, 3.63) is 24.3 Å². The first-order valence-corrected chi connectivity index (χ1v) is 8.31. The van der Waals surface area contributed by atoms with Crippen LogP contribution in [0.2, 0.25) is 0 Å². The third-order valence-corrected chi connectivity index (χ3v) is 4.77. The highest BCUT2D eigenvalue weighted by Gasteiger charge is 2.38. The van der Waals surface area contributed by atoms with Gasteiger partial charge in [0, 0.05) is 37.3 Å². The van der Waals surface area contributed by atoms with Crippen molar-refractivity contribution in [3.8, 4) is 0 Å². The van der Waals surface area contributed by atoms with E-state index in [4.69, 9.17) is 9.47 Å². The van der Waals surface area contributed by atoms with Gasteiger partial charge in [0.25, 0.3) is 0 Å². The molecule has 8 nitrogen and oxygen atoms in total. The van der Waals surface area contributed by atoms with Gasteiger partial charge < -0.3 is 19.3 Å². The highest BCUT2D eigenvalue weighted by Crippen LogP contribution is 2.31. The molecule has 2 amide bonds. The summed E-state index contributed by atoms with van der Waals surface area (Å²) in [6.45, 7) is 0.487. The molecule has 2 heterocycles. The molecule has 0 saturated carbocycles. The molecule has 0 aliphatic carbocycles. The first-order valence-electron chi connectivity index (χ1n) is 8.31. The summed E-state index contributed by atoms with van der Waals surface area (Å²) in [6, 6.07) is 6.95. The van der Waals surface area contributed by atoms with Crippen molar-refractivity contribution < 1.29 is 28.7 Å². The summed E-state index contributed by atoms with van der Waals surface area (Å²) in [6.07, 6.45) is 0.202. The summed E-state index contributed by atoms with van der Waals surface area (Å²) in [7, 11) is 2.60. The predicted molar refractivity (Wildman–Crippen MR) is 91.4 cm³/mol. The lowest BCUT2D eigenvalue weighted by molar-refractivity contribution is -0.145. The third kappa shape index (κ3) is 3.26. The second-order valence-electron chi connectivity index (χ2n) is 6.38. The number of rotatable bonds is 4. The maximum atomic E-state index is 12.3. The minimum atomic E-state index is -0.492. The molecule has 0 unspecified atom stereocenters. The van der Waals surface area contributed by atoms with E-state index in [9.17, 15) is 19.2 Å². The number of amides is 2. The highest BCUT2D eigenvalue weighted by atomic mass is 16.5. The molecule has 0 bridgehead atoms. The van der Waals surface area contributed by atoms with E-state index in [1.165, 1.54) is 24.0 Å². The van der Waals surface area contributed by atoms with E-state index in [0.29, 0.717) is 11.4 Å². The van der Waals surface area contributed by atoms with Crippen molar-refractivity contribution in [2.24, 2.45) is 11.8 Å². The molecule has 1 aromatic rings. The maximum Gasteiger partial charge on any atom is 0.311 e. The second kappa shape index (κ2) is 7.15. The molecule has 2 fully saturated rings. The topological polar surface area (TPSA) is 93.2 Å². The number of ether oxygens (including phenoxy) is 2. The van der Waals surface area contributed by atoms with Crippen LogP contribution in [0.1, 0.15) is 12.8 Å². The zero-order valence-corrected chi connectivity index (χ0v) is 14.6. The van der Waals surface area contributed by atoms with E-state index in [2.05, 4.69) is 0 Å². The van der Waals surface area contributed by atoms with Crippen molar-refractivity contribution in [2.75, 3.05) is 37.1 Å². The van der Waals surface area contributed by atoms with Crippen LogP contribution in [0.25, 0.3) is 0 Å². The van der Waals surface area contributed by atoms with Gasteiger partial charge in [-0.2, -0.15) is 0 Å². The quantitative estimate of drug-likeness (QED) is 0.735. The number of esters is 2. The standard InChI is InChI=1S/C18H20N2O6/c1-25-17(23)11-6-15(21)19(9-11)13-4-3-5-14(8-13)20-10-12(7-16(20)22)18(24)26-2/h3-5,8,11-12H,6-7,9-10H2,1-2H3/t11-,12+. The van der Waals surface area contributed by atoms with Crippen molar-refractivity contribution >= 4 is 35.1 Å². The number of nitrogens with zero attached hydrogens (tertiary/aromatic N) is 2. The Morgan fingerprint density at radius 2 is 1.31 bits per heavy atom. The van der Waals surface area contributed by atoms with Gasteiger partial charge in [0.15, 0.2) is 0 Å². The molecule has 0 spiro atoms. The summed E-state index contributed by atoms with van der Waals surface area (Å²) in [5.74, 6) is -2.14. The maximum absolute atomic E-state index is 12.3. The number of carbonyl (C=O) groups excluding carboxylic acids is 4. The number of hydrogen-bond acceptors (Lipinski definition) is 6. The Morgan fingerprint density at radius 3 is 1.69 bits per heavy atom. The first kappa shape index (κ1) is 17.9. The number of benzene rings is 1. The van der Waals surface area contributed by atoms with Gasteiger partial charge in [-0.05, 0) is 18.2 Å². The molecule has 2 atom stereocenters. The summed E-state index contributed by atoms with van der Waals surface area (Å²) in [4.78, 5) is 50.9. The van der Waals surface area contributed by atoms with E-state index in [1.54, 1.807) is 24.3 Å². The second-order valence-corrected chi connectivity index (χ2v) is 6.38. The number of anilines is 2. The molecular weight excluding hydrogens is 340 g/mol. The summed E-state index contributed by atoms with van der Waals surface area (Å²) >= 11 is 0. The fraction of sp³-hybridized carbons (Fsp3) is 0.444. The van der Waals surface area contributed by atoms with E-state index in [1.807, 2.05) is 0 Å². The molecule has 8 heteroatoms. The summed E-state index contributed by atoms with van der Waals surface area (Å²) in [5.41, 5.74) is 1.21. The Morgan fingerprint density at radius 1 is 0.885 bits per heavy atom. The van der Waals surface area contributed by atoms with Crippen LogP contribution in [0.15, 0.2) is 24.3 Å². The van der Waals surface area contributed by atoms with Crippen molar-refractivity contribution in [1.29, 1.82) is 0 Å². The smallest absolute Gasteiger partial charge is 0.311 e. The van der Waals surface area contributed by atoms with Crippen LogP contribution in [-0.4, -0.2) is 51.1 Å². The molecular formula is C18H20N2O6. The van der Waals surface area contributed by atoms with Gasteiger partial charge in [0.1, 0.15) is 0 Å². The van der Waals surface area contributed by atoms with Crippen molar-refractivity contribution in [1.82, 2.24) is 0 Å². The van der Waals surface area contributed by atoms with Crippen LogP contribution < -0.4 is 9.80 Å². The summed E-state index contributed by atoms with van der Waals surface area (Å²) in [5, 5.41) is 0. The summed E-state index contributed by atoms with van der Waals surface area (Å²) < 4.78 is 9.43. The van der Waals surface area contributed by atoms with Gasteiger partial charge in [0.2, 0.25) is 11.8 Å². The van der Waals surface area contributed by atoms with Crippen LogP contribution in [0.3, 0.4) is 0 Å². The van der Waals surface area contributed by atoms with E-state index >= 15 is 0 Å². The molecule has 1 aromatic carbocycles. The highest BCUT2D eigenvalue weighted by molar-refractivity contribution is 6.02. The lowest BCUT2D eigenvalue weighted by Crippen LogP contribution is -2.28. The molecule has 26 heavy (non-hydrogen) atoms. The predicted octanol–water partition coefficient (Wildman–Crippen LogP) is 0.738. The van der Waals surface area contributed by atoms with Crippen molar-refractivity contribution in [2.45, 2.75) is 12.8 Å². The van der Waals surface area contributed by atoms with Gasteiger partial charge >= 0.3 is 11.9 Å². The Hall–Kier alpha value is -2.90. The van der Waals surface area contributed by atoms with Crippen molar-refractivity contribution in [3.63, 3.8) is 0 Å². The largest absolute Gasteiger partial charge is 0.469 e. The molecule has 0 radical (unpaired) electrons. The Labute approximate surface area is 150 Å². The molecule has 3 rings (SSSR count). The van der Waals surface area contributed by atoms with Crippen LogP contribution in [-0.2, 0) is 28.7 Å². The molecule has 0 aromatic heterocycles. The third-order valence-electron chi connectivity index (χ3n) is 4.77. The lowest BCUT2D eigenvalue weighted by Gasteiger charge is -2.21. The van der Waals surface area contributed by atoms with Crippen LogP contribution in [0, 0.1) is 11.8 Å². The lowest BCUT2D eigenvalue weighted by atomic mass is 10.1. The fourth-order valence-corrected chi connectivity index (χ4v) is 3.39. The number of hydrogen-bond donors (Lipinski definition) is 0. The molecule has 138 valence electrons.